The Morgan fingerprint density at radius 3 is 2.33 bits per heavy atom. The molecule has 0 spiro atoms. The van der Waals surface area contributed by atoms with Crippen LogP contribution in [0.5, 0.6) is 0 Å². The van der Waals surface area contributed by atoms with Gasteiger partial charge in [0.15, 0.2) is 0 Å². The van der Waals surface area contributed by atoms with Gasteiger partial charge in [-0.1, -0.05) is 55.5 Å². The maximum atomic E-state index is 4.50. The third-order valence-electron chi connectivity index (χ3n) is 3.89. The van der Waals surface area contributed by atoms with E-state index in [1.807, 2.05) is 24.4 Å². The first-order valence-electron chi connectivity index (χ1n) is 7.39. The van der Waals surface area contributed by atoms with Crippen LogP contribution in [0.3, 0.4) is 0 Å². The standard InChI is InChI=1S/C20H19N/c1-3-16-13-18(10-9-15(16)2)19-11-12-21-20(14-19)17-7-5-4-6-8-17/h4-14H,3H2,1-2H3. The highest BCUT2D eigenvalue weighted by Crippen LogP contribution is 2.26. The van der Waals surface area contributed by atoms with Gasteiger partial charge in [0.05, 0.1) is 5.69 Å². The van der Waals surface area contributed by atoms with Gasteiger partial charge >= 0.3 is 0 Å². The lowest BCUT2D eigenvalue weighted by molar-refractivity contribution is 1.11. The molecule has 21 heavy (non-hydrogen) atoms. The second kappa shape index (κ2) is 5.92. The van der Waals surface area contributed by atoms with E-state index in [2.05, 4.69) is 61.3 Å². The molecule has 0 saturated heterocycles. The van der Waals surface area contributed by atoms with Crippen LogP contribution in [0.1, 0.15) is 18.1 Å². The molecule has 0 saturated carbocycles. The Labute approximate surface area is 126 Å². The van der Waals surface area contributed by atoms with E-state index in [0.717, 1.165) is 17.7 Å². The van der Waals surface area contributed by atoms with Crippen LogP contribution in [0.2, 0.25) is 0 Å². The molecule has 0 fully saturated rings. The summed E-state index contributed by atoms with van der Waals surface area (Å²) in [5.41, 5.74) is 7.42. The van der Waals surface area contributed by atoms with Gasteiger partial charge in [-0.25, -0.2) is 0 Å². The number of aromatic nitrogens is 1. The fourth-order valence-electron chi connectivity index (χ4n) is 2.61. The second-order valence-corrected chi connectivity index (χ2v) is 5.29. The van der Waals surface area contributed by atoms with Gasteiger partial charge in [-0.3, -0.25) is 4.98 Å². The maximum Gasteiger partial charge on any atom is 0.0708 e. The molecule has 0 atom stereocenters. The minimum absolute atomic E-state index is 1.02. The molecule has 1 heterocycles. The minimum atomic E-state index is 1.02. The van der Waals surface area contributed by atoms with Gasteiger partial charge < -0.3 is 0 Å². The molecule has 0 radical (unpaired) electrons. The zero-order chi connectivity index (χ0) is 14.7. The van der Waals surface area contributed by atoms with E-state index < -0.39 is 0 Å². The van der Waals surface area contributed by atoms with Crippen molar-refractivity contribution in [3.05, 3.63) is 78.0 Å². The molecular weight excluding hydrogens is 254 g/mol. The number of hydrogen-bond donors (Lipinski definition) is 0. The molecule has 0 N–H and O–H groups in total. The highest BCUT2D eigenvalue weighted by atomic mass is 14.7. The van der Waals surface area contributed by atoms with Crippen molar-refractivity contribution in [3.63, 3.8) is 0 Å². The summed E-state index contributed by atoms with van der Waals surface area (Å²) in [4.78, 5) is 4.50. The summed E-state index contributed by atoms with van der Waals surface area (Å²) in [5.74, 6) is 0. The SMILES string of the molecule is CCc1cc(-c2ccnc(-c3ccccc3)c2)ccc1C. The molecule has 1 aromatic heterocycles. The van der Waals surface area contributed by atoms with Gasteiger partial charge in [-0.05, 0) is 47.7 Å². The molecule has 0 unspecified atom stereocenters. The molecule has 0 amide bonds. The molecule has 3 rings (SSSR count). The van der Waals surface area contributed by atoms with E-state index in [0.29, 0.717) is 0 Å². The first-order valence-corrected chi connectivity index (χ1v) is 7.39. The fourth-order valence-corrected chi connectivity index (χ4v) is 2.61. The Morgan fingerprint density at radius 1 is 0.810 bits per heavy atom. The van der Waals surface area contributed by atoms with Gasteiger partial charge in [0.1, 0.15) is 0 Å². The normalized spacial score (nSPS) is 10.6. The summed E-state index contributed by atoms with van der Waals surface area (Å²) >= 11 is 0. The van der Waals surface area contributed by atoms with Crippen molar-refractivity contribution in [2.75, 3.05) is 0 Å². The topological polar surface area (TPSA) is 12.9 Å². The van der Waals surface area contributed by atoms with Crippen molar-refractivity contribution in [2.45, 2.75) is 20.3 Å². The van der Waals surface area contributed by atoms with E-state index in [-0.39, 0.29) is 0 Å². The van der Waals surface area contributed by atoms with Crippen LogP contribution < -0.4 is 0 Å². The molecule has 0 aliphatic carbocycles. The van der Waals surface area contributed by atoms with Gasteiger partial charge in [-0.15, -0.1) is 0 Å². The van der Waals surface area contributed by atoms with Crippen molar-refractivity contribution in [3.8, 4) is 22.4 Å². The molecular formula is C20H19N. The molecule has 1 nitrogen and oxygen atoms in total. The first-order chi connectivity index (χ1) is 10.3. The van der Waals surface area contributed by atoms with E-state index in [9.17, 15) is 0 Å². The monoisotopic (exact) mass is 273 g/mol. The first kappa shape index (κ1) is 13.6. The summed E-state index contributed by atoms with van der Waals surface area (Å²) in [6, 6.07) is 21.2. The number of nitrogens with zero attached hydrogens (tertiary/aromatic N) is 1. The Balaban J connectivity index is 2.04. The van der Waals surface area contributed by atoms with E-state index in [1.54, 1.807) is 0 Å². The van der Waals surface area contributed by atoms with Gasteiger partial charge in [-0.2, -0.15) is 0 Å². The van der Waals surface area contributed by atoms with Gasteiger partial charge in [0, 0.05) is 11.8 Å². The van der Waals surface area contributed by atoms with E-state index >= 15 is 0 Å². The van der Waals surface area contributed by atoms with Crippen molar-refractivity contribution in [1.29, 1.82) is 0 Å². The summed E-state index contributed by atoms with van der Waals surface area (Å²) < 4.78 is 0. The van der Waals surface area contributed by atoms with Crippen molar-refractivity contribution in [1.82, 2.24) is 4.98 Å². The van der Waals surface area contributed by atoms with Crippen molar-refractivity contribution in [2.24, 2.45) is 0 Å². The number of benzene rings is 2. The zero-order valence-corrected chi connectivity index (χ0v) is 12.5. The molecule has 3 aromatic rings. The van der Waals surface area contributed by atoms with Crippen LogP contribution in [0.15, 0.2) is 66.9 Å². The van der Waals surface area contributed by atoms with Gasteiger partial charge in [0.2, 0.25) is 0 Å². The molecule has 0 aliphatic heterocycles. The third kappa shape index (κ3) is 2.87. The fraction of sp³-hybridized carbons (Fsp3) is 0.150. The van der Waals surface area contributed by atoms with Crippen molar-refractivity contribution < 1.29 is 0 Å². The van der Waals surface area contributed by atoms with E-state index in [4.69, 9.17) is 0 Å². The lowest BCUT2D eigenvalue weighted by Gasteiger charge is -2.09. The number of hydrogen-bond acceptors (Lipinski definition) is 1. The number of rotatable bonds is 3. The predicted octanol–water partition coefficient (Wildman–Crippen LogP) is 5.29. The third-order valence-corrected chi connectivity index (χ3v) is 3.89. The Kier molecular flexibility index (Phi) is 3.83. The summed E-state index contributed by atoms with van der Waals surface area (Å²) in [6.07, 6.45) is 2.96. The van der Waals surface area contributed by atoms with Crippen LogP contribution in [-0.4, -0.2) is 4.98 Å². The smallest absolute Gasteiger partial charge is 0.0708 e. The quantitative estimate of drug-likeness (QED) is 0.632. The molecule has 104 valence electrons. The summed E-state index contributed by atoms with van der Waals surface area (Å²) in [7, 11) is 0. The lowest BCUT2D eigenvalue weighted by atomic mass is 9.98. The molecule has 2 aromatic carbocycles. The van der Waals surface area contributed by atoms with Crippen LogP contribution >= 0.6 is 0 Å². The van der Waals surface area contributed by atoms with Crippen LogP contribution in [-0.2, 0) is 6.42 Å². The lowest BCUT2D eigenvalue weighted by Crippen LogP contribution is -1.89. The average molecular weight is 273 g/mol. The molecule has 0 bridgehead atoms. The Hall–Kier alpha value is -2.41. The number of pyridine rings is 1. The highest BCUT2D eigenvalue weighted by Gasteiger charge is 2.04. The summed E-state index contributed by atoms with van der Waals surface area (Å²) in [5, 5.41) is 0. The van der Waals surface area contributed by atoms with Crippen molar-refractivity contribution >= 4 is 0 Å². The largest absolute Gasteiger partial charge is 0.256 e. The second-order valence-electron chi connectivity index (χ2n) is 5.29. The predicted molar refractivity (Wildman–Crippen MR) is 89.2 cm³/mol. The van der Waals surface area contributed by atoms with E-state index in [1.165, 1.54) is 22.3 Å². The molecule has 0 aliphatic rings. The molecule has 1 heteroatoms. The Bertz CT molecular complexity index is 745. The zero-order valence-electron chi connectivity index (χ0n) is 12.5. The van der Waals surface area contributed by atoms with Crippen LogP contribution in [0.4, 0.5) is 0 Å². The average Bonchev–Trinajstić information content (AvgIpc) is 2.56. The summed E-state index contributed by atoms with van der Waals surface area (Å²) in [6.45, 7) is 4.37. The van der Waals surface area contributed by atoms with Crippen LogP contribution in [0.25, 0.3) is 22.4 Å². The Morgan fingerprint density at radius 2 is 1.57 bits per heavy atom. The van der Waals surface area contributed by atoms with Crippen LogP contribution in [0, 0.1) is 6.92 Å². The minimum Gasteiger partial charge on any atom is -0.256 e. The number of aryl methyl sites for hydroxylation is 2. The highest BCUT2D eigenvalue weighted by molar-refractivity contribution is 5.71. The van der Waals surface area contributed by atoms with Gasteiger partial charge in [0.25, 0.3) is 0 Å². The maximum absolute atomic E-state index is 4.50.